The number of benzene rings is 2. The molecule has 5 rings (SSSR count). The average molecular weight is 630 g/mol. The molecule has 2 aromatic heterocycles. The number of nitrogens with zero attached hydrogens (tertiary/aromatic N) is 4. The normalized spacial score (nSPS) is 21.8. The molecule has 0 spiro atoms. The number of phosphoric acid groups is 2. The van der Waals surface area contributed by atoms with Gasteiger partial charge >= 0.3 is 15.6 Å². The van der Waals surface area contributed by atoms with Crippen molar-refractivity contribution in [1.82, 2.24) is 19.5 Å². The molecule has 4 aromatic rings. The fraction of sp³-hybridized carbons (Fsp3) is 0.261. The van der Waals surface area contributed by atoms with Gasteiger partial charge in [-0.1, -0.05) is 47.5 Å². The highest BCUT2D eigenvalue weighted by Crippen LogP contribution is 2.53. The van der Waals surface area contributed by atoms with Gasteiger partial charge in [0.1, 0.15) is 23.3 Å². The van der Waals surface area contributed by atoms with E-state index < -0.39 is 27.5 Å². The van der Waals surface area contributed by atoms with Crippen molar-refractivity contribution < 1.29 is 37.0 Å². The van der Waals surface area contributed by atoms with Gasteiger partial charge in [-0.15, -0.1) is 0 Å². The zero-order chi connectivity index (χ0) is 28.5. The number of anilines is 1. The predicted molar refractivity (Wildman–Crippen MR) is 146 cm³/mol. The van der Waals surface area contributed by atoms with Gasteiger partial charge in [-0.3, -0.25) is 18.8 Å². The number of hydrogen-bond acceptors (Lipinski definition) is 10. The van der Waals surface area contributed by atoms with Crippen LogP contribution in [0.4, 0.5) is 5.82 Å². The summed E-state index contributed by atoms with van der Waals surface area (Å²) in [6.07, 6.45) is 3.26. The highest BCUT2D eigenvalue weighted by molar-refractivity contribution is 7.48. The summed E-state index contributed by atoms with van der Waals surface area (Å²) >= 11 is 12.0. The summed E-state index contributed by atoms with van der Waals surface area (Å²) in [7, 11) is -9.16. The lowest BCUT2D eigenvalue weighted by Crippen LogP contribution is -2.43. The van der Waals surface area contributed by atoms with Crippen molar-refractivity contribution >= 4 is 55.8 Å². The summed E-state index contributed by atoms with van der Waals surface area (Å²) in [6, 6.07) is 12.0. The minimum atomic E-state index is -4.60. The van der Waals surface area contributed by atoms with E-state index in [2.05, 4.69) is 15.0 Å². The van der Waals surface area contributed by atoms with Crippen LogP contribution in [0, 0.1) is 11.8 Å². The molecule has 0 radical (unpaired) electrons. The maximum Gasteiger partial charge on any atom is 0.527 e. The van der Waals surface area contributed by atoms with Gasteiger partial charge in [0, 0.05) is 12.0 Å². The van der Waals surface area contributed by atoms with Gasteiger partial charge in [0.25, 0.3) is 0 Å². The monoisotopic (exact) mass is 629 g/mol. The van der Waals surface area contributed by atoms with E-state index in [1.165, 1.54) is 36.9 Å². The van der Waals surface area contributed by atoms with E-state index >= 15 is 0 Å². The van der Waals surface area contributed by atoms with Crippen molar-refractivity contribution in [3.63, 3.8) is 0 Å². The molecule has 0 bridgehead atoms. The Labute approximate surface area is 238 Å². The predicted octanol–water partition coefficient (Wildman–Crippen LogP) is 5.28. The largest absolute Gasteiger partial charge is 0.527 e. The highest BCUT2D eigenvalue weighted by Gasteiger charge is 2.46. The summed E-state index contributed by atoms with van der Waals surface area (Å²) in [5.74, 6) is -0.726. The number of phosphoric ester groups is 2. The maximum absolute atomic E-state index is 12.7. The molecule has 5 atom stereocenters. The van der Waals surface area contributed by atoms with Crippen LogP contribution in [-0.2, 0) is 18.2 Å². The van der Waals surface area contributed by atoms with Crippen molar-refractivity contribution in [2.75, 3.05) is 18.9 Å². The number of rotatable bonds is 11. The van der Waals surface area contributed by atoms with Crippen LogP contribution in [0.25, 0.3) is 11.2 Å². The molecule has 0 aliphatic heterocycles. The summed E-state index contributed by atoms with van der Waals surface area (Å²) < 4.78 is 48.0. The molecule has 4 N–H and O–H groups in total. The molecule has 2 aromatic carbocycles. The van der Waals surface area contributed by atoms with Crippen molar-refractivity contribution in [2.45, 2.75) is 12.5 Å². The zero-order valence-corrected chi connectivity index (χ0v) is 23.8. The van der Waals surface area contributed by atoms with E-state index in [1.54, 1.807) is 28.8 Å². The van der Waals surface area contributed by atoms with E-state index in [9.17, 15) is 18.9 Å². The Kier molecular flexibility index (Phi) is 8.37. The first-order chi connectivity index (χ1) is 19.0. The van der Waals surface area contributed by atoms with Gasteiger partial charge in [-0.25, -0.2) is 24.1 Å². The number of nitrogen functional groups attached to an aromatic ring is 1. The Morgan fingerprint density at radius 1 is 0.900 bits per heavy atom. The molecule has 0 amide bonds. The maximum atomic E-state index is 12.7. The van der Waals surface area contributed by atoms with Crippen LogP contribution in [0.1, 0.15) is 12.5 Å². The molecule has 212 valence electrons. The van der Waals surface area contributed by atoms with Gasteiger partial charge < -0.3 is 19.3 Å². The fourth-order valence-electron chi connectivity index (χ4n) is 4.36. The summed E-state index contributed by atoms with van der Waals surface area (Å²) in [5.41, 5.74) is 6.76. The van der Waals surface area contributed by atoms with Gasteiger partial charge in [0.2, 0.25) is 0 Å². The quantitative estimate of drug-likeness (QED) is 0.183. The number of hydrogen-bond donors (Lipinski definition) is 3. The standard InChI is InChI=1S/C23H23Cl2N5O8P2/c24-16-5-1-3-7-19(16)37-39(31,32)35-10-14-9-18(30-13-29-21-22(26)27-12-28-23(21)30)15(14)11-36-40(33,34)38-20-8-4-2-6-17(20)25/h1-8,12-15,18H,9-11H2,(H,31,32)(H,33,34)(H2,26,27,28). The van der Waals surface area contributed by atoms with Gasteiger partial charge in [-0.2, -0.15) is 0 Å². The van der Waals surface area contributed by atoms with Crippen LogP contribution < -0.4 is 14.8 Å². The molecule has 1 aliphatic carbocycles. The molecule has 1 aliphatic rings. The first-order valence-electron chi connectivity index (χ1n) is 11.8. The van der Waals surface area contributed by atoms with Crippen LogP contribution in [0.5, 0.6) is 11.5 Å². The first-order valence-corrected chi connectivity index (χ1v) is 15.5. The molecule has 1 fully saturated rings. The molecular weight excluding hydrogens is 607 g/mol. The second-order valence-corrected chi connectivity index (χ2v) is 12.5. The Morgan fingerprint density at radius 3 is 2.08 bits per heavy atom. The third-order valence-electron chi connectivity index (χ3n) is 6.37. The Morgan fingerprint density at radius 2 is 1.48 bits per heavy atom. The zero-order valence-electron chi connectivity index (χ0n) is 20.5. The summed E-state index contributed by atoms with van der Waals surface area (Å²) in [4.78, 5) is 33.1. The molecule has 2 heterocycles. The first kappa shape index (κ1) is 28.8. The van der Waals surface area contributed by atoms with Crippen molar-refractivity contribution in [2.24, 2.45) is 11.8 Å². The third-order valence-corrected chi connectivity index (χ3v) is 8.80. The lowest BCUT2D eigenvalue weighted by Gasteiger charge is -2.45. The van der Waals surface area contributed by atoms with Gasteiger partial charge in [-0.05, 0) is 36.6 Å². The Bertz CT molecular complexity index is 1630. The Balaban J connectivity index is 1.32. The number of halogens is 2. The number of aromatic nitrogens is 4. The van der Waals surface area contributed by atoms with Gasteiger partial charge in [0.05, 0.1) is 29.6 Å². The number of para-hydroxylation sites is 2. The van der Waals surface area contributed by atoms with Crippen LogP contribution in [0.2, 0.25) is 10.0 Å². The molecule has 13 nitrogen and oxygen atoms in total. The highest BCUT2D eigenvalue weighted by atomic mass is 35.5. The van der Waals surface area contributed by atoms with Crippen LogP contribution in [0.3, 0.4) is 0 Å². The van der Waals surface area contributed by atoms with E-state index in [1.807, 2.05) is 0 Å². The smallest absolute Gasteiger partial charge is 0.403 e. The lowest BCUT2D eigenvalue weighted by molar-refractivity contribution is -0.00444. The van der Waals surface area contributed by atoms with E-state index in [0.717, 1.165) is 0 Å². The second-order valence-electron chi connectivity index (χ2n) is 8.88. The molecule has 17 heteroatoms. The number of imidazole rings is 1. The second kappa shape index (κ2) is 11.6. The van der Waals surface area contributed by atoms with E-state index in [-0.39, 0.29) is 46.6 Å². The minimum absolute atomic E-state index is 0.0125. The topological polar surface area (TPSA) is 181 Å². The van der Waals surface area contributed by atoms with Gasteiger partial charge in [0.15, 0.2) is 11.5 Å². The van der Waals surface area contributed by atoms with Crippen molar-refractivity contribution in [3.8, 4) is 11.5 Å². The molecule has 40 heavy (non-hydrogen) atoms. The SMILES string of the molecule is Nc1ncnc2c1ncn2C1CC(COP(=O)(O)Oc2ccccc2Cl)C1COP(=O)(O)Oc1ccccc1Cl. The number of fused-ring (bicyclic) bond motifs is 1. The molecule has 5 unspecified atom stereocenters. The van der Waals surface area contributed by atoms with Crippen LogP contribution >= 0.6 is 38.8 Å². The van der Waals surface area contributed by atoms with Crippen LogP contribution in [-0.4, -0.2) is 42.5 Å². The molecule has 1 saturated carbocycles. The van der Waals surface area contributed by atoms with Crippen molar-refractivity contribution in [1.29, 1.82) is 0 Å². The third kappa shape index (κ3) is 6.43. The lowest BCUT2D eigenvalue weighted by atomic mass is 9.70. The fourth-order valence-corrected chi connectivity index (χ4v) is 6.48. The van der Waals surface area contributed by atoms with Crippen LogP contribution in [0.15, 0.2) is 61.2 Å². The minimum Gasteiger partial charge on any atom is -0.403 e. The summed E-state index contributed by atoms with van der Waals surface area (Å²) in [6.45, 7) is -0.508. The van der Waals surface area contributed by atoms with Crippen molar-refractivity contribution in [3.05, 3.63) is 71.2 Å². The number of nitrogens with two attached hydrogens (primary N) is 1. The van der Waals surface area contributed by atoms with E-state index in [4.69, 9.17) is 47.0 Å². The summed E-state index contributed by atoms with van der Waals surface area (Å²) in [5, 5.41) is 0.272. The Hall–Kier alpha value is -2.73. The van der Waals surface area contributed by atoms with E-state index in [0.29, 0.717) is 17.6 Å². The molecular formula is C23H23Cl2N5O8P2. The average Bonchev–Trinajstić information content (AvgIpc) is 3.31. The molecule has 0 saturated heterocycles.